The minimum atomic E-state index is -1.50. The van der Waals surface area contributed by atoms with E-state index in [1.807, 2.05) is 24.3 Å². The van der Waals surface area contributed by atoms with Crippen molar-refractivity contribution in [2.24, 2.45) is 0 Å². The molecule has 5 aliphatic rings. The molecule has 11 aromatic rings. The molecule has 0 radical (unpaired) electrons. The van der Waals surface area contributed by atoms with Crippen LogP contribution in [-0.2, 0) is 28.7 Å². The highest BCUT2D eigenvalue weighted by molar-refractivity contribution is 7.18. The van der Waals surface area contributed by atoms with Gasteiger partial charge in [-0.15, -0.1) is 40.4 Å². The summed E-state index contributed by atoms with van der Waals surface area (Å²) in [6, 6.07) is 16.7. The topological polar surface area (TPSA) is 454 Å². The number of carbonyl (C=O) groups is 6. The highest BCUT2D eigenvalue weighted by Gasteiger charge is 2.32. The first-order valence-corrected chi connectivity index (χ1v) is 37.2. The number of H-pyrrole nitrogens is 4. The van der Waals surface area contributed by atoms with Crippen molar-refractivity contribution in [1.82, 2.24) is 80.7 Å². The van der Waals surface area contributed by atoms with Gasteiger partial charge in [0.1, 0.15) is 15.1 Å². The first-order chi connectivity index (χ1) is 51.8. The molecule has 38 heteroatoms. The van der Waals surface area contributed by atoms with Crippen molar-refractivity contribution in [3.63, 3.8) is 0 Å². The van der Waals surface area contributed by atoms with E-state index in [4.69, 9.17) is 55.8 Å². The van der Waals surface area contributed by atoms with E-state index in [0.717, 1.165) is 64.7 Å². The van der Waals surface area contributed by atoms with Crippen molar-refractivity contribution >= 4 is 157 Å². The second-order valence-electron chi connectivity index (χ2n) is 24.7. The van der Waals surface area contributed by atoms with E-state index in [1.54, 1.807) is 49.1 Å². The molecular formula is C69H71Cl3N21O11S3-. The number of carboxylic acid groups (broad SMARTS) is 2. The molecular weight excluding hydrogens is 1500 g/mol. The number of nitrogens with zero attached hydrogens (tertiary/aromatic N) is 13. The van der Waals surface area contributed by atoms with Gasteiger partial charge in [-0.05, 0) is 114 Å². The summed E-state index contributed by atoms with van der Waals surface area (Å²) in [7, 11) is 0. The highest BCUT2D eigenvalue weighted by Crippen LogP contribution is 2.44. The summed E-state index contributed by atoms with van der Waals surface area (Å²) in [5.74, 6) is 4.58. The van der Waals surface area contributed by atoms with E-state index in [0.29, 0.717) is 147 Å². The zero-order valence-corrected chi connectivity index (χ0v) is 61.3. The third kappa shape index (κ3) is 18.6. The van der Waals surface area contributed by atoms with Crippen LogP contribution in [0.15, 0.2) is 85.5 Å². The number of aromatic nitrogens is 16. The minimum absolute atomic E-state index is 0. The number of ketones is 2. The Balaban J connectivity index is 0.000000168. The first-order valence-electron chi connectivity index (χ1n) is 33.6. The Bertz CT molecular complexity index is 5190. The SMILES string of the molecule is C#Cc1cnc(N2CCCC2C(=O)[O-])nc1Nc1cc(C2CC2)[nH]n1.CCOC(=O)C(=O)c1ccc(-c2ncc(Cl)c(Nc3cc(C4CC4)[nH]n3)n2)s1.CCOC(=O)C(O)c1ccc(-c2ncc(Cl)c(Nc3cc(C4CC4)[nH]n3)n2)s1.O=C(O)C(=O)c1ccc(-c2ncc(Cl)c(Nc3cc(C4CC4)[nH]n3)n2)s1.[HH].[HH].[HH].[HH]. The number of Topliss-reactive ketones (excluding diaryl/α,β-unsaturated/α-hetero) is 2. The fourth-order valence-electron chi connectivity index (χ4n) is 10.7. The number of aliphatic hydroxyl groups is 1. The average molecular weight is 1570 g/mol. The van der Waals surface area contributed by atoms with Crippen LogP contribution in [0.4, 0.5) is 52.5 Å². The van der Waals surface area contributed by atoms with Crippen LogP contribution < -0.4 is 31.3 Å². The predicted octanol–water partition coefficient (Wildman–Crippen LogP) is 12.7. The Labute approximate surface area is 640 Å². The van der Waals surface area contributed by atoms with Crippen molar-refractivity contribution < 1.29 is 59.3 Å². The number of hydrogen-bond donors (Lipinski definition) is 10. The maximum Gasteiger partial charge on any atom is 0.380 e. The van der Waals surface area contributed by atoms with Crippen LogP contribution in [0.2, 0.25) is 15.1 Å². The van der Waals surface area contributed by atoms with Crippen molar-refractivity contribution in [2.75, 3.05) is 45.9 Å². The molecule has 4 saturated carbocycles. The Hall–Kier alpha value is -11.1. The van der Waals surface area contributed by atoms with Crippen LogP contribution in [0.3, 0.4) is 0 Å². The highest BCUT2D eigenvalue weighted by atomic mass is 35.5. The van der Waals surface area contributed by atoms with Gasteiger partial charge in [0.15, 0.2) is 70.1 Å². The number of hydrogen-bond acceptors (Lipinski definition) is 30. The lowest BCUT2D eigenvalue weighted by Gasteiger charge is -2.25. The largest absolute Gasteiger partial charge is 0.548 e. The number of aliphatic carboxylic acids is 2. The lowest BCUT2D eigenvalue weighted by Crippen LogP contribution is -2.45. The van der Waals surface area contributed by atoms with Crippen molar-refractivity contribution in [3.8, 4) is 44.4 Å². The molecule has 12 heterocycles. The number of carbonyl (C=O) groups excluding carboxylic acids is 5. The number of esters is 2. The zero-order valence-electron chi connectivity index (χ0n) is 56.6. The van der Waals surface area contributed by atoms with Gasteiger partial charge < -0.3 is 55.8 Å². The van der Waals surface area contributed by atoms with Crippen LogP contribution >= 0.6 is 68.8 Å². The average Bonchev–Trinajstić information content (AvgIpc) is 1.80. The minimum Gasteiger partial charge on any atom is -0.548 e. The van der Waals surface area contributed by atoms with Gasteiger partial charge in [-0.25, -0.2) is 49.3 Å². The number of ether oxygens (including phenoxy) is 2. The van der Waals surface area contributed by atoms with Gasteiger partial charge in [0.05, 0.1) is 80.0 Å². The van der Waals surface area contributed by atoms with Gasteiger partial charge in [-0.2, -0.15) is 25.4 Å². The molecule has 1 aliphatic heterocycles. The molecule has 32 nitrogen and oxygen atoms in total. The fourth-order valence-corrected chi connectivity index (χ4v) is 13.8. The van der Waals surface area contributed by atoms with Gasteiger partial charge in [0.25, 0.3) is 11.6 Å². The Morgan fingerprint density at radius 2 is 0.991 bits per heavy atom. The molecule has 16 rings (SSSR count). The second kappa shape index (κ2) is 33.1. The Morgan fingerprint density at radius 3 is 1.39 bits per heavy atom. The van der Waals surface area contributed by atoms with Crippen LogP contribution in [0.25, 0.3) is 32.1 Å². The summed E-state index contributed by atoms with van der Waals surface area (Å²) in [5, 5.41) is 72.5. The number of nitrogens with one attached hydrogen (secondary N) is 8. The molecule has 5 fully saturated rings. The van der Waals surface area contributed by atoms with E-state index < -0.39 is 47.6 Å². The maximum absolute atomic E-state index is 12.1. The van der Waals surface area contributed by atoms with Gasteiger partial charge in [-0.1, -0.05) is 40.7 Å². The predicted molar refractivity (Wildman–Crippen MR) is 405 cm³/mol. The molecule has 2 unspecified atom stereocenters. The molecule has 1 saturated heterocycles. The van der Waals surface area contributed by atoms with E-state index in [1.165, 1.54) is 80.7 Å². The smallest absolute Gasteiger partial charge is 0.380 e. The number of anilines is 9. The van der Waals surface area contributed by atoms with Gasteiger partial charge >= 0.3 is 17.9 Å². The van der Waals surface area contributed by atoms with E-state index in [-0.39, 0.29) is 28.7 Å². The quantitative estimate of drug-likeness (QED) is 0.0110. The third-order valence-electron chi connectivity index (χ3n) is 16.8. The number of carboxylic acids is 2. The standard InChI is InChI=1S/C18H18ClN5O3S.C18H16ClN5O3S.C17H18N6O2.C16H12ClN5O3S.4H2/c2*1-2-27-18(26)15(25)12-5-6-13(28-12)17-20-8-10(19)16(22-17)21-14-7-11(23-24-14)9-3-4-9;1-2-10-9-18-17(23-7-3-4-13(23)16(24)25)20-15(10)19-14-8-12(21-22-14)11-5-6-11;17-8-6-18-15(11-4-3-10(26-11)13(23)16(24)25)20-14(8)19-12-5-9(21-22-12)7-1-2-7;;;;/h5-9,15,25H,2-4H2,1H3,(H2,20,21,22,23,24);5-9H,2-4H2,1H3,(H2,20,21,22,23,24);1,8-9,11,13H,3-7H2,(H,24,25)(H2,18,19,20,21,22);3-7H,1-2H2,(H,24,25)(H2,18,19,20,21,22);4*1H/p-1. The van der Waals surface area contributed by atoms with E-state index >= 15 is 0 Å². The number of halogens is 3. The molecule has 0 aromatic carbocycles. The molecule has 0 bridgehead atoms. The summed E-state index contributed by atoms with van der Waals surface area (Å²) in [6.07, 6.45) is 20.8. The molecule has 0 amide bonds. The third-order valence-corrected chi connectivity index (χ3v) is 20.9. The summed E-state index contributed by atoms with van der Waals surface area (Å²) in [4.78, 5) is 108. The van der Waals surface area contributed by atoms with Crippen molar-refractivity contribution in [3.05, 3.63) is 143 Å². The summed E-state index contributed by atoms with van der Waals surface area (Å²) in [5.41, 5.74) is 4.85. The van der Waals surface area contributed by atoms with Gasteiger partial charge in [0.2, 0.25) is 5.95 Å². The monoisotopic (exact) mass is 1570 g/mol. The lowest BCUT2D eigenvalue weighted by molar-refractivity contribution is -0.307. The van der Waals surface area contributed by atoms with E-state index in [9.17, 15) is 39.0 Å². The van der Waals surface area contributed by atoms with Crippen molar-refractivity contribution in [2.45, 2.75) is 114 Å². The van der Waals surface area contributed by atoms with Gasteiger partial charge in [0, 0.05) is 87.8 Å². The Morgan fingerprint density at radius 1 is 0.579 bits per heavy atom. The number of aromatic amines is 4. The van der Waals surface area contributed by atoms with E-state index in [2.05, 4.69) is 108 Å². The van der Waals surface area contributed by atoms with Crippen molar-refractivity contribution in [1.29, 1.82) is 0 Å². The maximum atomic E-state index is 12.1. The molecule has 558 valence electrons. The normalized spacial score (nSPS) is 15.2. The number of terminal acetylenes is 1. The molecule has 107 heavy (non-hydrogen) atoms. The fraction of sp³-hybridized carbons (Fsp3) is 0.304. The number of aliphatic hydroxyl groups excluding tert-OH is 1. The molecule has 0 spiro atoms. The molecule has 10 N–H and O–H groups in total. The summed E-state index contributed by atoms with van der Waals surface area (Å²) >= 11 is 21.9. The summed E-state index contributed by atoms with van der Waals surface area (Å²) in [6.45, 7) is 4.26. The molecule has 2 atom stereocenters. The summed E-state index contributed by atoms with van der Waals surface area (Å²) < 4.78 is 9.59. The van der Waals surface area contributed by atoms with Crippen LogP contribution in [0.5, 0.6) is 0 Å². The lowest BCUT2D eigenvalue weighted by atomic mass is 10.2. The Kier molecular flexibility index (Phi) is 23.0. The number of rotatable bonds is 25. The second-order valence-corrected chi connectivity index (χ2v) is 29.2. The van der Waals surface area contributed by atoms with Crippen LogP contribution in [-0.4, -0.2) is 152 Å². The van der Waals surface area contributed by atoms with Gasteiger partial charge in [-0.3, -0.25) is 30.0 Å². The zero-order chi connectivity index (χ0) is 75.0. The van der Waals surface area contributed by atoms with Crippen LogP contribution in [0, 0.1) is 12.3 Å². The number of thiophene rings is 3. The molecule has 11 aromatic heterocycles. The van der Waals surface area contributed by atoms with Crippen LogP contribution in [0.1, 0.15) is 166 Å². The first kappa shape index (κ1) is 74.2. The molecule has 4 aliphatic carbocycles.